The molecule has 0 aliphatic carbocycles. The summed E-state index contributed by atoms with van der Waals surface area (Å²) in [6.07, 6.45) is 1.57. The Balaban J connectivity index is 2.23. The zero-order chi connectivity index (χ0) is 15.2. The first-order valence-electron chi connectivity index (χ1n) is 6.65. The highest BCUT2D eigenvalue weighted by molar-refractivity contribution is 5.96. The number of ether oxygens (including phenoxy) is 2. The van der Waals surface area contributed by atoms with Crippen LogP contribution in [0.1, 0.15) is 17.3 Å². The average Bonchev–Trinajstić information content (AvgIpc) is 2.51. The molecule has 0 aliphatic rings. The highest BCUT2D eigenvalue weighted by Crippen LogP contribution is 2.13. The van der Waals surface area contributed by atoms with Crippen molar-refractivity contribution in [3.8, 4) is 11.5 Å². The van der Waals surface area contributed by atoms with E-state index in [0.29, 0.717) is 17.9 Å². The van der Waals surface area contributed by atoms with E-state index in [0.717, 1.165) is 0 Å². The lowest BCUT2D eigenvalue weighted by molar-refractivity contribution is 0.0970. The van der Waals surface area contributed by atoms with Crippen LogP contribution >= 0.6 is 0 Å². The summed E-state index contributed by atoms with van der Waals surface area (Å²) in [4.78, 5) is 24.4. The Kier molecular flexibility index (Phi) is 4.77. The second-order valence-electron chi connectivity index (χ2n) is 4.39. The van der Waals surface area contributed by atoms with Crippen molar-refractivity contribution in [1.29, 1.82) is 0 Å². The average molecular weight is 287 g/mol. The molecule has 0 saturated heterocycles. The summed E-state index contributed by atoms with van der Waals surface area (Å²) >= 11 is 0. The molecule has 2 rings (SSSR count). The number of carbonyl (C=O) groups excluding carboxylic acids is 1. The largest absolute Gasteiger partial charge is 0.497 e. The number of pyridine rings is 1. The SMILES string of the molecule is CCOc1cccn(CC(=O)c2cccc(OC)c2)c1=O. The van der Waals surface area contributed by atoms with Crippen molar-refractivity contribution in [1.82, 2.24) is 4.57 Å². The van der Waals surface area contributed by atoms with E-state index in [1.165, 1.54) is 4.57 Å². The fourth-order valence-electron chi connectivity index (χ4n) is 1.95. The van der Waals surface area contributed by atoms with Crippen LogP contribution in [0, 0.1) is 0 Å². The Bertz CT molecular complexity index is 691. The number of ketones is 1. The number of aromatic nitrogens is 1. The Morgan fingerprint density at radius 2 is 2.05 bits per heavy atom. The standard InChI is InChI=1S/C16H17NO4/c1-3-21-15-8-5-9-17(16(15)19)11-14(18)12-6-4-7-13(10-12)20-2/h4-10H,3,11H2,1-2H3. The van der Waals surface area contributed by atoms with Gasteiger partial charge in [0.25, 0.3) is 5.56 Å². The molecule has 0 atom stereocenters. The maximum Gasteiger partial charge on any atom is 0.293 e. The number of methoxy groups -OCH3 is 1. The first-order chi connectivity index (χ1) is 10.2. The van der Waals surface area contributed by atoms with E-state index in [1.54, 1.807) is 56.6 Å². The number of rotatable bonds is 6. The second-order valence-corrected chi connectivity index (χ2v) is 4.39. The molecular weight excluding hydrogens is 270 g/mol. The molecule has 0 N–H and O–H groups in total. The third kappa shape index (κ3) is 3.51. The van der Waals surface area contributed by atoms with Gasteiger partial charge in [0.15, 0.2) is 11.5 Å². The summed E-state index contributed by atoms with van der Waals surface area (Å²) in [6.45, 7) is 2.17. The molecule has 0 saturated carbocycles. The molecule has 1 aromatic heterocycles. The minimum absolute atomic E-state index is 0.0348. The van der Waals surface area contributed by atoms with Crippen LogP contribution < -0.4 is 15.0 Å². The second kappa shape index (κ2) is 6.74. The highest BCUT2D eigenvalue weighted by atomic mass is 16.5. The topological polar surface area (TPSA) is 57.5 Å². The number of hydrogen-bond donors (Lipinski definition) is 0. The van der Waals surface area contributed by atoms with Gasteiger partial charge in [0.1, 0.15) is 5.75 Å². The maximum absolute atomic E-state index is 12.2. The number of nitrogens with zero attached hydrogens (tertiary/aromatic N) is 1. The Hall–Kier alpha value is -2.56. The molecule has 2 aromatic rings. The van der Waals surface area contributed by atoms with Crippen LogP contribution in [0.3, 0.4) is 0 Å². The molecule has 0 fully saturated rings. The molecule has 110 valence electrons. The molecule has 0 spiro atoms. The van der Waals surface area contributed by atoms with E-state index in [2.05, 4.69) is 0 Å². The van der Waals surface area contributed by atoms with Gasteiger partial charge in [0.2, 0.25) is 0 Å². The maximum atomic E-state index is 12.2. The lowest BCUT2D eigenvalue weighted by Crippen LogP contribution is -2.25. The van der Waals surface area contributed by atoms with Gasteiger partial charge in [-0.25, -0.2) is 0 Å². The van der Waals surface area contributed by atoms with Gasteiger partial charge < -0.3 is 14.0 Å². The number of Topliss-reactive ketones (excluding diaryl/α,β-unsaturated/α-hetero) is 1. The van der Waals surface area contributed by atoms with Crippen molar-refractivity contribution in [3.63, 3.8) is 0 Å². The van der Waals surface area contributed by atoms with E-state index in [1.807, 2.05) is 0 Å². The van der Waals surface area contributed by atoms with Gasteiger partial charge in [-0.2, -0.15) is 0 Å². The van der Waals surface area contributed by atoms with Crippen LogP contribution in [0.2, 0.25) is 0 Å². The Morgan fingerprint density at radius 1 is 1.24 bits per heavy atom. The van der Waals surface area contributed by atoms with Crippen LogP contribution in [0.25, 0.3) is 0 Å². The summed E-state index contributed by atoms with van der Waals surface area (Å²) in [6, 6.07) is 10.1. The van der Waals surface area contributed by atoms with Gasteiger partial charge in [-0.1, -0.05) is 12.1 Å². The summed E-state index contributed by atoms with van der Waals surface area (Å²) < 4.78 is 11.7. The fourth-order valence-corrected chi connectivity index (χ4v) is 1.95. The zero-order valence-electron chi connectivity index (χ0n) is 12.0. The van der Waals surface area contributed by atoms with Gasteiger partial charge in [0.05, 0.1) is 20.3 Å². The Morgan fingerprint density at radius 3 is 2.76 bits per heavy atom. The lowest BCUT2D eigenvalue weighted by atomic mass is 10.1. The fraction of sp³-hybridized carbons (Fsp3) is 0.250. The van der Waals surface area contributed by atoms with Crippen LogP contribution in [0.15, 0.2) is 47.4 Å². The molecule has 0 bridgehead atoms. The van der Waals surface area contributed by atoms with Gasteiger partial charge >= 0.3 is 0 Å². The van der Waals surface area contributed by atoms with E-state index >= 15 is 0 Å². The summed E-state index contributed by atoms with van der Waals surface area (Å²) in [5, 5.41) is 0. The molecule has 0 radical (unpaired) electrons. The van der Waals surface area contributed by atoms with E-state index < -0.39 is 0 Å². The van der Waals surface area contributed by atoms with Crippen molar-refractivity contribution in [2.24, 2.45) is 0 Å². The van der Waals surface area contributed by atoms with Crippen LogP contribution in [0.4, 0.5) is 0 Å². The minimum atomic E-state index is -0.310. The number of hydrogen-bond acceptors (Lipinski definition) is 4. The summed E-state index contributed by atoms with van der Waals surface area (Å²) in [7, 11) is 1.54. The molecule has 0 unspecified atom stereocenters. The summed E-state index contributed by atoms with van der Waals surface area (Å²) in [5.74, 6) is 0.694. The first kappa shape index (κ1) is 14.8. The van der Waals surface area contributed by atoms with Crippen molar-refractivity contribution in [3.05, 3.63) is 58.5 Å². The third-order valence-electron chi connectivity index (χ3n) is 2.99. The van der Waals surface area contributed by atoms with Gasteiger partial charge in [-0.3, -0.25) is 9.59 Å². The molecule has 21 heavy (non-hydrogen) atoms. The molecule has 1 heterocycles. The molecule has 5 nitrogen and oxygen atoms in total. The van der Waals surface area contributed by atoms with E-state index in [9.17, 15) is 9.59 Å². The van der Waals surface area contributed by atoms with E-state index in [4.69, 9.17) is 9.47 Å². The predicted octanol–water partition coefficient (Wildman–Crippen LogP) is 2.14. The van der Waals surface area contributed by atoms with Crippen molar-refractivity contribution < 1.29 is 14.3 Å². The van der Waals surface area contributed by atoms with Crippen molar-refractivity contribution in [2.45, 2.75) is 13.5 Å². The monoisotopic (exact) mass is 287 g/mol. The zero-order valence-corrected chi connectivity index (χ0v) is 12.0. The molecule has 1 aromatic carbocycles. The molecule has 0 amide bonds. The van der Waals surface area contributed by atoms with Crippen LogP contribution in [-0.2, 0) is 6.54 Å². The quantitative estimate of drug-likeness (QED) is 0.764. The molecule has 5 heteroatoms. The number of benzene rings is 1. The van der Waals surface area contributed by atoms with Gasteiger partial charge in [-0.05, 0) is 31.2 Å². The Labute approximate surface area is 122 Å². The summed E-state index contributed by atoms with van der Waals surface area (Å²) in [5.41, 5.74) is 0.193. The normalized spacial score (nSPS) is 10.2. The van der Waals surface area contributed by atoms with Crippen LogP contribution in [0.5, 0.6) is 11.5 Å². The predicted molar refractivity (Wildman–Crippen MR) is 79.2 cm³/mol. The van der Waals surface area contributed by atoms with E-state index in [-0.39, 0.29) is 23.6 Å². The first-order valence-corrected chi connectivity index (χ1v) is 6.65. The number of carbonyl (C=O) groups is 1. The van der Waals surface area contributed by atoms with Crippen molar-refractivity contribution in [2.75, 3.05) is 13.7 Å². The highest BCUT2D eigenvalue weighted by Gasteiger charge is 2.10. The van der Waals surface area contributed by atoms with Crippen LogP contribution in [-0.4, -0.2) is 24.1 Å². The molecular formula is C16H17NO4. The van der Waals surface area contributed by atoms with Gasteiger partial charge in [0, 0.05) is 11.8 Å². The minimum Gasteiger partial charge on any atom is -0.497 e. The third-order valence-corrected chi connectivity index (χ3v) is 2.99. The van der Waals surface area contributed by atoms with Gasteiger partial charge in [-0.15, -0.1) is 0 Å². The molecule has 0 aliphatic heterocycles. The smallest absolute Gasteiger partial charge is 0.293 e. The lowest BCUT2D eigenvalue weighted by Gasteiger charge is -2.08. The van der Waals surface area contributed by atoms with Crippen molar-refractivity contribution >= 4 is 5.78 Å².